The second kappa shape index (κ2) is 7.81. The Balaban J connectivity index is 1.50. The van der Waals surface area contributed by atoms with Crippen molar-refractivity contribution < 1.29 is 19.7 Å². The van der Waals surface area contributed by atoms with E-state index in [0.717, 1.165) is 19.3 Å². The van der Waals surface area contributed by atoms with Gasteiger partial charge in [-0.1, -0.05) is 43.2 Å². The van der Waals surface area contributed by atoms with E-state index in [4.69, 9.17) is 4.74 Å². The number of amides is 1. The molecule has 6 heteroatoms. The quantitative estimate of drug-likeness (QED) is 0.577. The van der Waals surface area contributed by atoms with Crippen LogP contribution in [0.2, 0.25) is 0 Å². The summed E-state index contributed by atoms with van der Waals surface area (Å²) in [6.07, 6.45) is 4.64. The number of benzene rings is 2. The largest absolute Gasteiger partial charge is 0.506 e. The first kappa shape index (κ1) is 18.8. The Morgan fingerprint density at radius 1 is 1.14 bits per heavy atom. The molecule has 148 valence electrons. The molecule has 1 saturated carbocycles. The van der Waals surface area contributed by atoms with Crippen LogP contribution in [0.5, 0.6) is 11.5 Å². The summed E-state index contributed by atoms with van der Waals surface area (Å²) in [6, 6.07) is 13.5. The lowest BCUT2D eigenvalue weighted by molar-refractivity contribution is -0.118. The number of hydrogen-bond donors (Lipinski definition) is 4. The number of hydrogen-bond acceptors (Lipinski definition) is 5. The SMILES string of the molecule is O=C1COc2c(C(O)CNC3(Cc4ccccc4)CCCC3)ccc(O)c2N1. The van der Waals surface area contributed by atoms with Crippen molar-refractivity contribution in [2.75, 3.05) is 18.5 Å². The zero-order valence-corrected chi connectivity index (χ0v) is 15.8. The third-order valence-electron chi connectivity index (χ3n) is 5.75. The van der Waals surface area contributed by atoms with E-state index in [-0.39, 0.29) is 29.5 Å². The molecule has 0 radical (unpaired) electrons. The number of carbonyl (C=O) groups excluding carboxylic acids is 1. The fourth-order valence-electron chi connectivity index (χ4n) is 4.32. The number of ether oxygens (including phenoxy) is 1. The van der Waals surface area contributed by atoms with E-state index in [1.165, 1.54) is 24.5 Å². The monoisotopic (exact) mass is 382 g/mol. The molecule has 0 spiro atoms. The van der Waals surface area contributed by atoms with Crippen LogP contribution in [0.4, 0.5) is 5.69 Å². The van der Waals surface area contributed by atoms with Crippen LogP contribution in [0.3, 0.4) is 0 Å². The molecule has 0 aromatic heterocycles. The molecule has 1 aliphatic heterocycles. The summed E-state index contributed by atoms with van der Waals surface area (Å²) in [5.41, 5.74) is 2.06. The summed E-state index contributed by atoms with van der Waals surface area (Å²) in [6.45, 7) is 0.253. The van der Waals surface area contributed by atoms with E-state index in [9.17, 15) is 15.0 Å². The number of aliphatic hydroxyl groups excluding tert-OH is 1. The Kier molecular flexibility index (Phi) is 5.24. The summed E-state index contributed by atoms with van der Waals surface area (Å²) in [5, 5.41) is 27.1. The van der Waals surface area contributed by atoms with Crippen molar-refractivity contribution in [3.63, 3.8) is 0 Å². The predicted molar refractivity (Wildman–Crippen MR) is 107 cm³/mol. The molecule has 1 atom stereocenters. The highest BCUT2D eigenvalue weighted by molar-refractivity contribution is 5.97. The second-order valence-electron chi connectivity index (χ2n) is 7.76. The molecule has 1 fully saturated rings. The summed E-state index contributed by atoms with van der Waals surface area (Å²) >= 11 is 0. The van der Waals surface area contributed by atoms with E-state index < -0.39 is 6.10 Å². The van der Waals surface area contributed by atoms with Gasteiger partial charge in [0, 0.05) is 17.6 Å². The van der Waals surface area contributed by atoms with Crippen molar-refractivity contribution in [3.05, 3.63) is 53.6 Å². The fourth-order valence-corrected chi connectivity index (χ4v) is 4.32. The smallest absolute Gasteiger partial charge is 0.262 e. The van der Waals surface area contributed by atoms with Gasteiger partial charge >= 0.3 is 0 Å². The Labute approximate surface area is 164 Å². The van der Waals surface area contributed by atoms with Gasteiger partial charge in [-0.2, -0.15) is 0 Å². The van der Waals surface area contributed by atoms with Gasteiger partial charge in [0.05, 0.1) is 6.10 Å². The van der Waals surface area contributed by atoms with Crippen LogP contribution in [0.1, 0.15) is 42.9 Å². The average molecular weight is 382 g/mol. The summed E-state index contributed by atoms with van der Waals surface area (Å²) in [7, 11) is 0. The molecule has 1 unspecified atom stereocenters. The first-order valence-electron chi connectivity index (χ1n) is 9.82. The predicted octanol–water partition coefficient (Wildman–Crippen LogP) is 2.90. The maximum Gasteiger partial charge on any atom is 0.262 e. The third kappa shape index (κ3) is 3.84. The molecule has 2 aromatic carbocycles. The second-order valence-corrected chi connectivity index (χ2v) is 7.76. The Hall–Kier alpha value is -2.57. The minimum Gasteiger partial charge on any atom is -0.506 e. The van der Waals surface area contributed by atoms with Crippen LogP contribution in [0.15, 0.2) is 42.5 Å². The van der Waals surface area contributed by atoms with E-state index in [0.29, 0.717) is 17.9 Å². The molecule has 0 saturated heterocycles. The first-order chi connectivity index (χ1) is 13.6. The van der Waals surface area contributed by atoms with Gasteiger partial charge in [-0.25, -0.2) is 0 Å². The molecule has 2 aliphatic rings. The Bertz CT molecular complexity index is 847. The van der Waals surface area contributed by atoms with Gasteiger partial charge in [-0.3, -0.25) is 4.79 Å². The zero-order chi connectivity index (χ0) is 19.6. The van der Waals surface area contributed by atoms with E-state index in [2.05, 4.69) is 34.9 Å². The van der Waals surface area contributed by atoms with Crippen LogP contribution < -0.4 is 15.4 Å². The molecule has 28 heavy (non-hydrogen) atoms. The number of anilines is 1. The van der Waals surface area contributed by atoms with E-state index in [1.54, 1.807) is 6.07 Å². The number of phenols is 1. The number of nitrogens with one attached hydrogen (secondary N) is 2. The summed E-state index contributed by atoms with van der Waals surface area (Å²) < 4.78 is 5.50. The maximum absolute atomic E-state index is 11.6. The van der Waals surface area contributed by atoms with Crippen molar-refractivity contribution in [1.29, 1.82) is 0 Å². The highest BCUT2D eigenvalue weighted by atomic mass is 16.5. The van der Waals surface area contributed by atoms with Crippen molar-refractivity contribution in [1.82, 2.24) is 5.32 Å². The van der Waals surface area contributed by atoms with Crippen molar-refractivity contribution >= 4 is 11.6 Å². The van der Waals surface area contributed by atoms with Gasteiger partial charge < -0.3 is 25.6 Å². The van der Waals surface area contributed by atoms with Gasteiger partial charge in [-0.05, 0) is 37.0 Å². The summed E-state index contributed by atoms with van der Waals surface area (Å²) in [5.74, 6) is -0.0407. The number of aromatic hydroxyl groups is 1. The molecule has 2 aromatic rings. The van der Waals surface area contributed by atoms with Crippen LogP contribution in [-0.2, 0) is 11.2 Å². The topological polar surface area (TPSA) is 90.8 Å². The van der Waals surface area contributed by atoms with Gasteiger partial charge in [0.1, 0.15) is 11.4 Å². The van der Waals surface area contributed by atoms with E-state index in [1.807, 2.05) is 6.07 Å². The lowest BCUT2D eigenvalue weighted by Gasteiger charge is -2.32. The molecule has 6 nitrogen and oxygen atoms in total. The van der Waals surface area contributed by atoms with Crippen LogP contribution >= 0.6 is 0 Å². The van der Waals surface area contributed by atoms with Gasteiger partial charge in [0.2, 0.25) is 0 Å². The lowest BCUT2D eigenvalue weighted by atomic mass is 9.88. The third-order valence-corrected chi connectivity index (χ3v) is 5.75. The number of rotatable bonds is 6. The molecule has 4 N–H and O–H groups in total. The molecular weight excluding hydrogens is 356 g/mol. The fraction of sp³-hybridized carbons (Fsp3) is 0.409. The molecule has 0 bridgehead atoms. The van der Waals surface area contributed by atoms with Crippen LogP contribution in [0.25, 0.3) is 0 Å². The van der Waals surface area contributed by atoms with E-state index >= 15 is 0 Å². The Morgan fingerprint density at radius 2 is 1.89 bits per heavy atom. The number of aliphatic hydroxyl groups is 1. The van der Waals surface area contributed by atoms with Gasteiger partial charge in [-0.15, -0.1) is 0 Å². The van der Waals surface area contributed by atoms with Crippen molar-refractivity contribution in [3.8, 4) is 11.5 Å². The van der Waals surface area contributed by atoms with Crippen molar-refractivity contribution in [2.45, 2.75) is 43.7 Å². The average Bonchev–Trinajstić information content (AvgIpc) is 3.16. The zero-order valence-electron chi connectivity index (χ0n) is 15.8. The normalized spacial score (nSPS) is 18.8. The molecular formula is C22H26N2O4. The minimum atomic E-state index is -0.808. The van der Waals surface area contributed by atoms with Crippen LogP contribution in [-0.4, -0.2) is 34.8 Å². The molecule has 4 rings (SSSR count). The number of fused-ring (bicyclic) bond motifs is 1. The highest BCUT2D eigenvalue weighted by Crippen LogP contribution is 2.41. The molecule has 1 aliphatic carbocycles. The number of β-amino-alcohol motifs (C(OH)–C–C–N with tert-alkyl or cyclic N) is 1. The lowest BCUT2D eigenvalue weighted by Crippen LogP contribution is -2.46. The summed E-state index contributed by atoms with van der Waals surface area (Å²) in [4.78, 5) is 11.6. The maximum atomic E-state index is 11.6. The van der Waals surface area contributed by atoms with Crippen LogP contribution in [0, 0.1) is 0 Å². The first-order valence-corrected chi connectivity index (χ1v) is 9.82. The minimum absolute atomic E-state index is 0.0195. The number of carbonyl (C=O) groups is 1. The standard InChI is InChI=1S/C22H26N2O4/c25-17-9-8-16(21-20(17)24-19(27)14-28-21)18(26)13-23-22(10-4-5-11-22)12-15-6-2-1-3-7-15/h1-3,6-9,18,23,25-26H,4-5,10-14H2,(H,24,27). The highest BCUT2D eigenvalue weighted by Gasteiger charge is 2.34. The molecule has 1 heterocycles. The number of phenolic OH excluding ortho intramolecular Hbond substituents is 1. The Morgan fingerprint density at radius 3 is 2.64 bits per heavy atom. The molecule has 1 amide bonds. The van der Waals surface area contributed by atoms with Gasteiger partial charge in [0.15, 0.2) is 12.4 Å². The van der Waals surface area contributed by atoms with Crippen molar-refractivity contribution in [2.24, 2.45) is 0 Å². The van der Waals surface area contributed by atoms with Gasteiger partial charge in [0.25, 0.3) is 5.91 Å².